The average molecular weight is 275 g/mol. The molecule has 0 unspecified atom stereocenters. The molecule has 0 spiro atoms. The molecule has 0 aliphatic rings. The van der Waals surface area contributed by atoms with Gasteiger partial charge in [-0.05, 0) is 39.3 Å². The minimum absolute atomic E-state index is 0.228. The van der Waals surface area contributed by atoms with Crippen molar-refractivity contribution in [2.75, 3.05) is 24.9 Å². The van der Waals surface area contributed by atoms with E-state index in [9.17, 15) is 4.39 Å². The number of halogens is 2. The van der Waals surface area contributed by atoms with Crippen LogP contribution >= 0.6 is 11.6 Å². The number of aromatic nitrogens is 1. The van der Waals surface area contributed by atoms with Gasteiger partial charge in [-0.25, -0.2) is 4.98 Å². The van der Waals surface area contributed by atoms with Crippen molar-refractivity contribution < 1.29 is 9.13 Å². The average Bonchev–Trinajstić information content (AvgIpc) is 2.29. The molecule has 0 saturated heterocycles. The van der Waals surface area contributed by atoms with Crippen LogP contribution in [-0.4, -0.2) is 30.5 Å². The summed E-state index contributed by atoms with van der Waals surface area (Å²) in [5.74, 6) is 0. The summed E-state index contributed by atoms with van der Waals surface area (Å²) in [4.78, 5) is 5.98. The van der Waals surface area contributed by atoms with Crippen LogP contribution in [0.25, 0.3) is 0 Å². The first-order chi connectivity index (χ1) is 8.42. The van der Waals surface area contributed by atoms with E-state index in [-0.39, 0.29) is 12.3 Å². The van der Waals surface area contributed by atoms with Gasteiger partial charge < -0.3 is 9.64 Å². The van der Waals surface area contributed by atoms with Crippen molar-refractivity contribution in [2.24, 2.45) is 0 Å². The molecule has 0 aromatic carbocycles. The molecule has 0 N–H and O–H groups in total. The van der Waals surface area contributed by atoms with Gasteiger partial charge in [0.15, 0.2) is 0 Å². The zero-order chi connectivity index (χ0) is 13.6. The summed E-state index contributed by atoms with van der Waals surface area (Å²) in [5.41, 5.74) is 0.658. The topological polar surface area (TPSA) is 25.4 Å². The second-order valence-electron chi connectivity index (χ2n) is 5.03. The SMILES string of the molecule is CC(C)(C)OCN(CCCF)c1ccc(Cl)nc1. The van der Waals surface area contributed by atoms with E-state index in [1.165, 1.54) is 0 Å². The maximum atomic E-state index is 12.3. The molecular weight excluding hydrogens is 255 g/mol. The van der Waals surface area contributed by atoms with Crippen molar-refractivity contribution in [1.82, 2.24) is 4.98 Å². The molecule has 0 fully saturated rings. The van der Waals surface area contributed by atoms with Crippen LogP contribution in [-0.2, 0) is 4.74 Å². The summed E-state index contributed by atoms with van der Waals surface area (Å²) in [6.45, 7) is 6.62. The van der Waals surface area contributed by atoms with Crippen LogP contribution in [0.15, 0.2) is 18.3 Å². The fourth-order valence-electron chi connectivity index (χ4n) is 1.35. The molecule has 1 aromatic rings. The van der Waals surface area contributed by atoms with E-state index in [4.69, 9.17) is 16.3 Å². The number of hydrogen-bond acceptors (Lipinski definition) is 3. The molecule has 0 radical (unpaired) electrons. The first-order valence-electron chi connectivity index (χ1n) is 5.99. The van der Waals surface area contributed by atoms with Gasteiger partial charge in [-0.1, -0.05) is 11.6 Å². The van der Waals surface area contributed by atoms with E-state index in [0.717, 1.165) is 5.69 Å². The van der Waals surface area contributed by atoms with Gasteiger partial charge in [0.2, 0.25) is 0 Å². The number of pyridine rings is 1. The Kier molecular flexibility index (Phi) is 5.82. The normalized spacial score (nSPS) is 11.6. The molecule has 0 aliphatic carbocycles. The standard InChI is InChI=1S/C13H20ClFN2O/c1-13(2,3)18-10-17(8-4-7-15)11-5-6-12(14)16-9-11/h5-6,9H,4,7-8,10H2,1-3H3. The summed E-state index contributed by atoms with van der Waals surface area (Å²) in [6, 6.07) is 3.58. The van der Waals surface area contributed by atoms with Crippen molar-refractivity contribution in [3.8, 4) is 0 Å². The van der Waals surface area contributed by atoms with Gasteiger partial charge in [-0.3, -0.25) is 4.39 Å². The molecule has 1 aromatic heterocycles. The quantitative estimate of drug-likeness (QED) is 0.585. The number of hydrogen-bond donors (Lipinski definition) is 0. The third kappa shape index (κ3) is 5.65. The van der Waals surface area contributed by atoms with Crippen molar-refractivity contribution in [2.45, 2.75) is 32.8 Å². The highest BCUT2D eigenvalue weighted by atomic mass is 35.5. The molecule has 0 aliphatic heterocycles. The molecule has 0 saturated carbocycles. The molecule has 5 heteroatoms. The molecule has 102 valence electrons. The second-order valence-corrected chi connectivity index (χ2v) is 5.42. The van der Waals surface area contributed by atoms with Crippen LogP contribution in [0.4, 0.5) is 10.1 Å². The number of ether oxygens (including phenoxy) is 1. The van der Waals surface area contributed by atoms with Gasteiger partial charge in [0.1, 0.15) is 11.9 Å². The Bertz CT molecular complexity index is 351. The fraction of sp³-hybridized carbons (Fsp3) is 0.615. The predicted octanol–water partition coefficient (Wildman–Crippen LogP) is 3.67. The van der Waals surface area contributed by atoms with Gasteiger partial charge in [-0.15, -0.1) is 0 Å². The molecule has 0 bridgehead atoms. The second kappa shape index (κ2) is 6.90. The molecule has 1 heterocycles. The van der Waals surface area contributed by atoms with E-state index in [1.54, 1.807) is 12.3 Å². The fourth-order valence-corrected chi connectivity index (χ4v) is 1.46. The highest BCUT2D eigenvalue weighted by molar-refractivity contribution is 6.29. The predicted molar refractivity (Wildman–Crippen MR) is 72.9 cm³/mol. The van der Waals surface area contributed by atoms with Crippen LogP contribution in [0, 0.1) is 0 Å². The monoisotopic (exact) mass is 274 g/mol. The minimum Gasteiger partial charge on any atom is -0.356 e. The largest absolute Gasteiger partial charge is 0.356 e. The number of rotatable bonds is 6. The van der Waals surface area contributed by atoms with Gasteiger partial charge >= 0.3 is 0 Å². The van der Waals surface area contributed by atoms with Crippen LogP contribution in [0.1, 0.15) is 27.2 Å². The smallest absolute Gasteiger partial charge is 0.129 e. The zero-order valence-corrected chi connectivity index (χ0v) is 11.9. The van der Waals surface area contributed by atoms with E-state index in [2.05, 4.69) is 4.98 Å². The lowest BCUT2D eigenvalue weighted by atomic mass is 10.2. The van der Waals surface area contributed by atoms with Gasteiger partial charge in [0.05, 0.1) is 24.2 Å². The van der Waals surface area contributed by atoms with Crippen LogP contribution in [0.5, 0.6) is 0 Å². The molecule has 0 atom stereocenters. The summed E-state index contributed by atoms with van der Waals surface area (Å²) >= 11 is 5.75. The summed E-state index contributed by atoms with van der Waals surface area (Å²) in [5, 5.41) is 0.445. The minimum atomic E-state index is -0.340. The van der Waals surface area contributed by atoms with Crippen molar-refractivity contribution in [3.63, 3.8) is 0 Å². The highest BCUT2D eigenvalue weighted by Gasteiger charge is 2.14. The lowest BCUT2D eigenvalue weighted by Gasteiger charge is -2.28. The van der Waals surface area contributed by atoms with Crippen molar-refractivity contribution in [3.05, 3.63) is 23.5 Å². The van der Waals surface area contributed by atoms with E-state index >= 15 is 0 Å². The van der Waals surface area contributed by atoms with Crippen LogP contribution in [0.3, 0.4) is 0 Å². The summed E-state index contributed by atoms with van der Waals surface area (Å²) in [6.07, 6.45) is 2.14. The van der Waals surface area contributed by atoms with Crippen molar-refractivity contribution in [1.29, 1.82) is 0 Å². The highest BCUT2D eigenvalue weighted by Crippen LogP contribution is 2.17. The first kappa shape index (κ1) is 15.2. The Morgan fingerprint density at radius 1 is 1.39 bits per heavy atom. The van der Waals surface area contributed by atoms with Gasteiger partial charge in [0, 0.05) is 6.54 Å². The number of anilines is 1. The summed E-state index contributed by atoms with van der Waals surface area (Å²) in [7, 11) is 0. The Hall–Kier alpha value is -0.870. The Morgan fingerprint density at radius 2 is 2.11 bits per heavy atom. The number of alkyl halides is 1. The molecule has 18 heavy (non-hydrogen) atoms. The lowest BCUT2D eigenvalue weighted by Crippen LogP contribution is -2.33. The Morgan fingerprint density at radius 3 is 2.61 bits per heavy atom. The first-order valence-corrected chi connectivity index (χ1v) is 6.36. The maximum absolute atomic E-state index is 12.3. The van der Waals surface area contributed by atoms with E-state index < -0.39 is 0 Å². The Labute approximate surface area is 113 Å². The van der Waals surface area contributed by atoms with Crippen LogP contribution in [0.2, 0.25) is 5.15 Å². The molecule has 1 rings (SSSR count). The van der Waals surface area contributed by atoms with E-state index in [0.29, 0.717) is 24.8 Å². The summed E-state index contributed by atoms with van der Waals surface area (Å²) < 4.78 is 18.0. The van der Waals surface area contributed by atoms with Gasteiger partial charge in [0.25, 0.3) is 0 Å². The maximum Gasteiger partial charge on any atom is 0.129 e. The van der Waals surface area contributed by atoms with E-state index in [1.807, 2.05) is 31.7 Å². The number of nitrogens with zero attached hydrogens (tertiary/aromatic N) is 2. The Balaban J connectivity index is 2.68. The molecule has 0 amide bonds. The lowest BCUT2D eigenvalue weighted by molar-refractivity contribution is -0.00246. The van der Waals surface area contributed by atoms with Gasteiger partial charge in [-0.2, -0.15) is 0 Å². The third-order valence-electron chi connectivity index (χ3n) is 2.29. The zero-order valence-electron chi connectivity index (χ0n) is 11.1. The third-order valence-corrected chi connectivity index (χ3v) is 2.52. The molecule has 3 nitrogen and oxygen atoms in total. The van der Waals surface area contributed by atoms with Crippen LogP contribution < -0.4 is 4.90 Å². The molecular formula is C13H20ClFN2O. The van der Waals surface area contributed by atoms with Crippen molar-refractivity contribution >= 4 is 17.3 Å².